The van der Waals surface area contributed by atoms with Crippen molar-refractivity contribution in [2.75, 3.05) is 32.7 Å². The molecular weight excluding hydrogens is 260 g/mol. The first-order valence-corrected chi connectivity index (χ1v) is 8.57. The number of aryl methyl sites for hydroxylation is 1. The van der Waals surface area contributed by atoms with Crippen LogP contribution in [-0.4, -0.2) is 52.1 Å². The lowest BCUT2D eigenvalue weighted by Crippen LogP contribution is -2.40. The molecule has 0 saturated carbocycles. The number of aromatic nitrogens is 2. The Morgan fingerprint density at radius 3 is 2.43 bits per heavy atom. The second kappa shape index (κ2) is 6.49. The first-order chi connectivity index (χ1) is 10.1. The molecule has 0 aromatic carbocycles. The lowest BCUT2D eigenvalue weighted by atomic mass is 9.97. The van der Waals surface area contributed by atoms with Crippen molar-refractivity contribution in [2.45, 2.75) is 46.1 Å². The Kier molecular flexibility index (Phi) is 4.65. The molecular formula is C17H30N4. The highest BCUT2D eigenvalue weighted by atomic mass is 15.2. The summed E-state index contributed by atoms with van der Waals surface area (Å²) in [6.07, 6.45) is 5.57. The van der Waals surface area contributed by atoms with Crippen LogP contribution >= 0.6 is 0 Å². The third-order valence-corrected chi connectivity index (χ3v) is 5.39. The van der Waals surface area contributed by atoms with Gasteiger partial charge in [0.2, 0.25) is 0 Å². The van der Waals surface area contributed by atoms with Crippen LogP contribution in [0.5, 0.6) is 0 Å². The molecule has 0 N–H and O–H groups in total. The number of hydrogen-bond acceptors (Lipinski definition) is 3. The van der Waals surface area contributed by atoms with Gasteiger partial charge in [0.1, 0.15) is 5.82 Å². The Bertz CT molecular complexity index is 473. The first-order valence-electron chi connectivity index (χ1n) is 8.57. The molecule has 0 aliphatic carbocycles. The van der Waals surface area contributed by atoms with Crippen molar-refractivity contribution >= 4 is 0 Å². The van der Waals surface area contributed by atoms with Gasteiger partial charge in [0.25, 0.3) is 0 Å². The van der Waals surface area contributed by atoms with E-state index in [0.717, 1.165) is 12.5 Å². The Morgan fingerprint density at radius 1 is 1.05 bits per heavy atom. The molecule has 0 radical (unpaired) electrons. The average molecular weight is 290 g/mol. The van der Waals surface area contributed by atoms with Gasteiger partial charge < -0.3 is 9.47 Å². The normalized spacial score (nSPS) is 24.8. The second-order valence-corrected chi connectivity index (χ2v) is 7.01. The average Bonchev–Trinajstić information content (AvgIpc) is 3.05. The molecule has 2 fully saturated rings. The fourth-order valence-corrected chi connectivity index (χ4v) is 3.90. The largest absolute Gasteiger partial charge is 0.334 e. The molecule has 4 heteroatoms. The summed E-state index contributed by atoms with van der Waals surface area (Å²) in [6, 6.07) is 0. The lowest BCUT2D eigenvalue weighted by molar-refractivity contribution is 0.134. The smallest absolute Gasteiger partial charge is 0.123 e. The molecule has 1 aromatic heterocycles. The first kappa shape index (κ1) is 15.0. The zero-order valence-corrected chi connectivity index (χ0v) is 13.9. The fraction of sp³-hybridized carbons (Fsp3) is 0.824. The van der Waals surface area contributed by atoms with Crippen molar-refractivity contribution in [3.05, 3.63) is 17.2 Å². The van der Waals surface area contributed by atoms with Crippen LogP contribution in [0.2, 0.25) is 0 Å². The summed E-state index contributed by atoms with van der Waals surface area (Å²) >= 11 is 0. The summed E-state index contributed by atoms with van der Waals surface area (Å²) in [4.78, 5) is 10.0. The van der Waals surface area contributed by atoms with E-state index in [4.69, 9.17) is 4.98 Å². The molecule has 21 heavy (non-hydrogen) atoms. The summed E-state index contributed by atoms with van der Waals surface area (Å²) in [5.74, 6) is 2.09. The maximum Gasteiger partial charge on any atom is 0.123 e. The van der Waals surface area contributed by atoms with Crippen molar-refractivity contribution in [2.24, 2.45) is 13.0 Å². The predicted molar refractivity (Wildman–Crippen MR) is 86.4 cm³/mol. The van der Waals surface area contributed by atoms with Gasteiger partial charge in [0, 0.05) is 25.8 Å². The number of piperidine rings is 1. The number of imidazole rings is 1. The summed E-state index contributed by atoms with van der Waals surface area (Å²) in [6.45, 7) is 11.8. The van der Waals surface area contributed by atoms with E-state index in [2.05, 4.69) is 35.3 Å². The second-order valence-electron chi connectivity index (χ2n) is 7.01. The summed E-state index contributed by atoms with van der Waals surface area (Å²) in [5.41, 5.74) is 2.48. The quantitative estimate of drug-likeness (QED) is 0.851. The Balaban J connectivity index is 1.56. The molecule has 2 saturated heterocycles. The summed E-state index contributed by atoms with van der Waals surface area (Å²) < 4.78 is 2.26. The topological polar surface area (TPSA) is 24.3 Å². The van der Waals surface area contributed by atoms with Crippen molar-refractivity contribution in [1.82, 2.24) is 19.4 Å². The van der Waals surface area contributed by atoms with Gasteiger partial charge in [-0.05, 0) is 65.1 Å². The Hall–Kier alpha value is -0.870. The third-order valence-electron chi connectivity index (χ3n) is 5.39. The summed E-state index contributed by atoms with van der Waals surface area (Å²) in [7, 11) is 2.15. The van der Waals surface area contributed by atoms with E-state index >= 15 is 0 Å². The van der Waals surface area contributed by atoms with Crippen LogP contribution in [0, 0.1) is 19.8 Å². The highest BCUT2D eigenvalue weighted by Gasteiger charge is 2.24. The van der Waals surface area contributed by atoms with Gasteiger partial charge in [-0.3, -0.25) is 4.90 Å². The molecule has 1 atom stereocenters. The monoisotopic (exact) mass is 290 g/mol. The number of rotatable bonds is 4. The molecule has 0 amide bonds. The van der Waals surface area contributed by atoms with E-state index < -0.39 is 0 Å². The van der Waals surface area contributed by atoms with Crippen LogP contribution in [0.25, 0.3) is 0 Å². The molecule has 4 nitrogen and oxygen atoms in total. The van der Waals surface area contributed by atoms with Crippen LogP contribution in [0.1, 0.15) is 42.9 Å². The van der Waals surface area contributed by atoms with E-state index in [1.54, 1.807) is 0 Å². The van der Waals surface area contributed by atoms with Gasteiger partial charge in [-0.2, -0.15) is 0 Å². The van der Waals surface area contributed by atoms with E-state index in [1.165, 1.54) is 75.6 Å². The van der Waals surface area contributed by atoms with E-state index in [0.29, 0.717) is 0 Å². The van der Waals surface area contributed by atoms with Gasteiger partial charge in [0.05, 0.1) is 12.2 Å². The van der Waals surface area contributed by atoms with Gasteiger partial charge in [-0.25, -0.2) is 4.98 Å². The minimum Gasteiger partial charge on any atom is -0.334 e. The van der Waals surface area contributed by atoms with Gasteiger partial charge in [0.15, 0.2) is 0 Å². The van der Waals surface area contributed by atoms with Crippen LogP contribution in [0.3, 0.4) is 0 Å². The molecule has 0 spiro atoms. The molecule has 0 unspecified atom stereocenters. The highest BCUT2D eigenvalue weighted by Crippen LogP contribution is 2.21. The molecule has 3 heterocycles. The Labute approximate surface area is 129 Å². The molecule has 118 valence electrons. The Morgan fingerprint density at radius 2 is 1.76 bits per heavy atom. The number of nitrogens with zero attached hydrogens (tertiary/aromatic N) is 4. The van der Waals surface area contributed by atoms with Crippen molar-refractivity contribution in [3.8, 4) is 0 Å². The van der Waals surface area contributed by atoms with Crippen LogP contribution in [0.15, 0.2) is 0 Å². The highest BCUT2D eigenvalue weighted by molar-refractivity contribution is 5.13. The van der Waals surface area contributed by atoms with Crippen molar-refractivity contribution in [3.63, 3.8) is 0 Å². The minimum atomic E-state index is 0.860. The maximum atomic E-state index is 4.74. The number of hydrogen-bond donors (Lipinski definition) is 0. The SMILES string of the molecule is Cc1nc(CN2CCC[C@H](CN3CCCC3)C2)n(C)c1C. The molecule has 3 rings (SSSR count). The number of likely N-dealkylation sites (tertiary alicyclic amines) is 2. The fourth-order valence-electron chi connectivity index (χ4n) is 3.90. The predicted octanol–water partition coefficient (Wildman–Crippen LogP) is 2.34. The van der Waals surface area contributed by atoms with Crippen LogP contribution in [-0.2, 0) is 13.6 Å². The molecule has 2 aliphatic heterocycles. The zero-order chi connectivity index (χ0) is 14.8. The summed E-state index contributed by atoms with van der Waals surface area (Å²) in [5, 5.41) is 0. The van der Waals surface area contributed by atoms with Crippen molar-refractivity contribution in [1.29, 1.82) is 0 Å². The maximum absolute atomic E-state index is 4.74. The van der Waals surface area contributed by atoms with Crippen LogP contribution < -0.4 is 0 Å². The van der Waals surface area contributed by atoms with E-state index in [-0.39, 0.29) is 0 Å². The van der Waals surface area contributed by atoms with E-state index in [9.17, 15) is 0 Å². The van der Waals surface area contributed by atoms with Gasteiger partial charge in [-0.1, -0.05) is 0 Å². The van der Waals surface area contributed by atoms with Crippen molar-refractivity contribution < 1.29 is 0 Å². The third kappa shape index (κ3) is 3.49. The lowest BCUT2D eigenvalue weighted by Gasteiger charge is -2.34. The van der Waals surface area contributed by atoms with Gasteiger partial charge in [-0.15, -0.1) is 0 Å². The van der Waals surface area contributed by atoms with Crippen LogP contribution in [0.4, 0.5) is 0 Å². The van der Waals surface area contributed by atoms with Gasteiger partial charge >= 0.3 is 0 Å². The zero-order valence-electron chi connectivity index (χ0n) is 13.9. The standard InChI is InChI=1S/C17H30N4/c1-14-15(2)19(3)17(18-14)13-21-10-6-7-16(12-21)11-20-8-4-5-9-20/h16H,4-13H2,1-3H3/t16-/m1/s1. The molecule has 2 aliphatic rings. The van der Waals surface area contributed by atoms with E-state index in [1.807, 2.05) is 0 Å². The molecule has 0 bridgehead atoms. The molecule has 1 aromatic rings. The minimum absolute atomic E-state index is 0.860.